The van der Waals surface area contributed by atoms with E-state index in [-0.39, 0.29) is 12.4 Å². The molecule has 1 unspecified atom stereocenters. The lowest BCUT2D eigenvalue weighted by Gasteiger charge is -2.00. The lowest BCUT2D eigenvalue weighted by atomic mass is 10.1. The van der Waals surface area contributed by atoms with Crippen LogP contribution in [-0.2, 0) is 4.79 Å². The van der Waals surface area contributed by atoms with Crippen LogP contribution in [-0.4, -0.2) is 29.2 Å². The third-order valence-electron chi connectivity index (χ3n) is 0.979. The Hall–Kier alpha value is -0.410. The van der Waals surface area contributed by atoms with Gasteiger partial charge in [-0.1, -0.05) is 6.92 Å². The molecule has 0 radical (unpaired) electrons. The fourth-order valence-electron chi connectivity index (χ4n) is 0.258. The van der Waals surface area contributed by atoms with Crippen LogP contribution in [0.1, 0.15) is 6.92 Å². The SMILES string of the molecule is CC(CO)C(=O)CO. The van der Waals surface area contributed by atoms with E-state index < -0.39 is 12.5 Å². The fourth-order valence-corrected chi connectivity index (χ4v) is 0.258. The molecule has 3 nitrogen and oxygen atoms in total. The summed E-state index contributed by atoms with van der Waals surface area (Å²) in [7, 11) is 0. The van der Waals surface area contributed by atoms with Crippen molar-refractivity contribution in [1.82, 2.24) is 0 Å². The number of Topliss-reactive ketones (excluding diaryl/α,β-unsaturated/α-hetero) is 1. The summed E-state index contributed by atoms with van der Waals surface area (Å²) in [6.45, 7) is 0.916. The van der Waals surface area contributed by atoms with Crippen molar-refractivity contribution in [2.45, 2.75) is 6.92 Å². The van der Waals surface area contributed by atoms with Crippen LogP contribution in [0.5, 0.6) is 0 Å². The molecule has 0 spiro atoms. The maximum absolute atomic E-state index is 10.3. The van der Waals surface area contributed by atoms with Gasteiger partial charge in [0.2, 0.25) is 0 Å². The van der Waals surface area contributed by atoms with Crippen LogP contribution in [0.25, 0.3) is 0 Å². The first-order chi connectivity index (χ1) is 3.72. The summed E-state index contributed by atoms with van der Waals surface area (Å²) < 4.78 is 0. The second kappa shape index (κ2) is 3.57. The molecule has 8 heavy (non-hydrogen) atoms. The number of hydrogen-bond acceptors (Lipinski definition) is 3. The Balaban J connectivity index is 3.46. The summed E-state index contributed by atoms with van der Waals surface area (Å²) in [5, 5.41) is 16.5. The van der Waals surface area contributed by atoms with E-state index in [0.717, 1.165) is 0 Å². The molecule has 2 N–H and O–H groups in total. The van der Waals surface area contributed by atoms with Gasteiger partial charge in [-0.05, 0) is 0 Å². The average molecular weight is 118 g/mol. The topological polar surface area (TPSA) is 57.5 Å². The first-order valence-electron chi connectivity index (χ1n) is 2.46. The fraction of sp³-hybridized carbons (Fsp3) is 0.800. The zero-order valence-electron chi connectivity index (χ0n) is 4.79. The van der Waals surface area contributed by atoms with Crippen LogP contribution in [0.3, 0.4) is 0 Å². The van der Waals surface area contributed by atoms with Crippen molar-refractivity contribution in [3.8, 4) is 0 Å². The van der Waals surface area contributed by atoms with Crippen molar-refractivity contribution >= 4 is 5.78 Å². The van der Waals surface area contributed by atoms with Gasteiger partial charge in [0, 0.05) is 5.92 Å². The second-order valence-corrected chi connectivity index (χ2v) is 1.71. The molecule has 0 bridgehead atoms. The van der Waals surface area contributed by atoms with E-state index in [4.69, 9.17) is 10.2 Å². The number of aliphatic hydroxyl groups excluding tert-OH is 2. The molecular formula is C5H10O3. The molecule has 3 heteroatoms. The van der Waals surface area contributed by atoms with E-state index in [9.17, 15) is 4.79 Å². The molecule has 0 aromatic rings. The highest BCUT2D eigenvalue weighted by molar-refractivity contribution is 5.81. The number of aliphatic hydroxyl groups is 2. The van der Waals surface area contributed by atoms with Gasteiger partial charge in [-0.3, -0.25) is 4.79 Å². The number of ketones is 1. The van der Waals surface area contributed by atoms with Gasteiger partial charge in [0.1, 0.15) is 6.61 Å². The Morgan fingerprint density at radius 3 is 2.25 bits per heavy atom. The van der Waals surface area contributed by atoms with Gasteiger partial charge in [-0.25, -0.2) is 0 Å². The van der Waals surface area contributed by atoms with E-state index in [2.05, 4.69) is 0 Å². The highest BCUT2D eigenvalue weighted by Gasteiger charge is 2.08. The molecule has 0 aliphatic rings. The smallest absolute Gasteiger partial charge is 0.163 e. The molecule has 0 aliphatic heterocycles. The third kappa shape index (κ3) is 2.04. The molecule has 0 saturated heterocycles. The Kier molecular flexibility index (Phi) is 3.39. The molecule has 0 aromatic carbocycles. The first-order valence-corrected chi connectivity index (χ1v) is 2.46. The van der Waals surface area contributed by atoms with E-state index in [1.165, 1.54) is 0 Å². The van der Waals surface area contributed by atoms with Crippen LogP contribution < -0.4 is 0 Å². The van der Waals surface area contributed by atoms with Gasteiger partial charge in [-0.15, -0.1) is 0 Å². The predicted octanol–water partition coefficient (Wildman–Crippen LogP) is -0.824. The molecule has 0 aliphatic carbocycles. The Labute approximate surface area is 47.9 Å². The molecular weight excluding hydrogens is 108 g/mol. The minimum absolute atomic E-state index is 0.181. The molecule has 0 saturated carbocycles. The van der Waals surface area contributed by atoms with Crippen molar-refractivity contribution in [3.63, 3.8) is 0 Å². The summed E-state index contributed by atoms with van der Waals surface area (Å²) in [6.07, 6.45) is 0. The van der Waals surface area contributed by atoms with Crippen molar-refractivity contribution in [2.75, 3.05) is 13.2 Å². The summed E-state index contributed by atoms with van der Waals surface area (Å²) in [4.78, 5) is 10.3. The van der Waals surface area contributed by atoms with Crippen molar-refractivity contribution in [3.05, 3.63) is 0 Å². The van der Waals surface area contributed by atoms with Crippen LogP contribution in [0, 0.1) is 5.92 Å². The lowest BCUT2D eigenvalue weighted by molar-refractivity contribution is -0.126. The molecule has 0 aromatic heterocycles. The van der Waals surface area contributed by atoms with Gasteiger partial charge in [0.15, 0.2) is 5.78 Å². The van der Waals surface area contributed by atoms with Gasteiger partial charge < -0.3 is 10.2 Å². The van der Waals surface area contributed by atoms with Crippen molar-refractivity contribution in [1.29, 1.82) is 0 Å². The number of carbonyl (C=O) groups is 1. The molecule has 1 atom stereocenters. The third-order valence-corrected chi connectivity index (χ3v) is 0.979. The van der Waals surface area contributed by atoms with E-state index >= 15 is 0 Å². The van der Waals surface area contributed by atoms with Gasteiger partial charge in [-0.2, -0.15) is 0 Å². The maximum Gasteiger partial charge on any atom is 0.163 e. The second-order valence-electron chi connectivity index (χ2n) is 1.71. The van der Waals surface area contributed by atoms with Crippen molar-refractivity contribution in [2.24, 2.45) is 5.92 Å². The normalized spacial score (nSPS) is 13.4. The van der Waals surface area contributed by atoms with E-state index in [1.54, 1.807) is 6.92 Å². The van der Waals surface area contributed by atoms with Crippen LogP contribution in [0.4, 0.5) is 0 Å². The predicted molar refractivity (Wildman–Crippen MR) is 28.3 cm³/mol. The Morgan fingerprint density at radius 1 is 1.62 bits per heavy atom. The van der Waals surface area contributed by atoms with E-state index in [0.29, 0.717) is 0 Å². The molecule has 48 valence electrons. The number of carbonyl (C=O) groups excluding carboxylic acids is 1. The minimum atomic E-state index is -0.471. The number of rotatable bonds is 3. The summed E-state index contributed by atoms with van der Waals surface area (Å²) in [5.74, 6) is -0.729. The van der Waals surface area contributed by atoms with Gasteiger partial charge in [0.25, 0.3) is 0 Å². The van der Waals surface area contributed by atoms with Crippen LogP contribution in [0.15, 0.2) is 0 Å². The van der Waals surface area contributed by atoms with Crippen LogP contribution >= 0.6 is 0 Å². The molecule has 0 fully saturated rings. The Morgan fingerprint density at radius 2 is 2.12 bits per heavy atom. The monoisotopic (exact) mass is 118 g/mol. The highest BCUT2D eigenvalue weighted by Crippen LogP contribution is 1.91. The zero-order valence-corrected chi connectivity index (χ0v) is 4.79. The minimum Gasteiger partial charge on any atom is -0.396 e. The standard InChI is InChI=1S/C5H10O3/c1-4(2-6)5(8)3-7/h4,6-7H,2-3H2,1H3. The molecule has 0 heterocycles. The van der Waals surface area contributed by atoms with Crippen molar-refractivity contribution < 1.29 is 15.0 Å². The van der Waals surface area contributed by atoms with Crippen LogP contribution in [0.2, 0.25) is 0 Å². The molecule has 0 rings (SSSR count). The first kappa shape index (κ1) is 7.59. The summed E-state index contributed by atoms with van der Waals surface area (Å²) in [5.41, 5.74) is 0. The molecule has 0 amide bonds. The Bertz CT molecular complexity index is 79.7. The van der Waals surface area contributed by atoms with Gasteiger partial charge in [0.05, 0.1) is 6.61 Å². The maximum atomic E-state index is 10.3. The number of hydrogen-bond donors (Lipinski definition) is 2. The lowest BCUT2D eigenvalue weighted by Crippen LogP contribution is -2.17. The summed E-state index contributed by atoms with van der Waals surface area (Å²) in [6, 6.07) is 0. The largest absolute Gasteiger partial charge is 0.396 e. The summed E-state index contributed by atoms with van der Waals surface area (Å²) >= 11 is 0. The quantitative estimate of drug-likeness (QED) is 0.509. The van der Waals surface area contributed by atoms with E-state index in [1.807, 2.05) is 0 Å². The zero-order chi connectivity index (χ0) is 6.57. The average Bonchev–Trinajstić information content (AvgIpc) is 1.84. The highest BCUT2D eigenvalue weighted by atomic mass is 16.3. The van der Waals surface area contributed by atoms with Gasteiger partial charge >= 0.3 is 0 Å².